The zero-order valence-corrected chi connectivity index (χ0v) is 19.2. The summed E-state index contributed by atoms with van der Waals surface area (Å²) in [6.45, 7) is 2.24. The third kappa shape index (κ3) is 3.50. The monoisotopic (exact) mass is 484 g/mol. The highest BCUT2D eigenvalue weighted by Gasteiger charge is 2.59. The number of aryl methyl sites for hydroxylation is 1. The van der Waals surface area contributed by atoms with E-state index in [0.29, 0.717) is 34.1 Å². The Bertz CT molecular complexity index is 1300. The SMILES string of the molecule is Cc1ccc2c(c1)C1(SCCN1C(=O)c1cccc(Cl)c1)C(=O)N2Cc1ccc(F)cc1F. The molecule has 2 amide bonds. The molecule has 2 heterocycles. The molecule has 0 saturated carbocycles. The summed E-state index contributed by atoms with van der Waals surface area (Å²) in [6, 6.07) is 15.6. The molecule has 33 heavy (non-hydrogen) atoms. The molecule has 3 aromatic carbocycles. The molecule has 0 bridgehead atoms. The van der Waals surface area contributed by atoms with Crippen molar-refractivity contribution in [1.82, 2.24) is 4.90 Å². The molecule has 1 unspecified atom stereocenters. The van der Waals surface area contributed by atoms with Crippen molar-refractivity contribution in [3.63, 3.8) is 0 Å². The number of hydrogen-bond donors (Lipinski definition) is 0. The van der Waals surface area contributed by atoms with Gasteiger partial charge in [0.2, 0.25) is 0 Å². The maximum absolute atomic E-state index is 14.4. The van der Waals surface area contributed by atoms with E-state index in [2.05, 4.69) is 0 Å². The number of hydrogen-bond acceptors (Lipinski definition) is 3. The van der Waals surface area contributed by atoms with Gasteiger partial charge in [-0.3, -0.25) is 9.59 Å². The molecule has 0 radical (unpaired) electrons. The molecule has 5 rings (SSSR count). The van der Waals surface area contributed by atoms with Crippen molar-refractivity contribution in [3.8, 4) is 0 Å². The smallest absolute Gasteiger partial charge is 0.268 e. The van der Waals surface area contributed by atoms with Crippen LogP contribution in [0.25, 0.3) is 0 Å². The van der Waals surface area contributed by atoms with E-state index in [4.69, 9.17) is 11.6 Å². The molecule has 2 aliphatic heterocycles. The number of rotatable bonds is 3. The van der Waals surface area contributed by atoms with Gasteiger partial charge in [-0.2, -0.15) is 0 Å². The molecule has 0 aromatic heterocycles. The summed E-state index contributed by atoms with van der Waals surface area (Å²) in [4.78, 5) is 29.3. The van der Waals surface area contributed by atoms with E-state index in [9.17, 15) is 18.4 Å². The maximum atomic E-state index is 14.4. The predicted molar refractivity (Wildman–Crippen MR) is 125 cm³/mol. The Hall–Kier alpha value is -2.90. The van der Waals surface area contributed by atoms with Gasteiger partial charge in [-0.25, -0.2) is 8.78 Å². The van der Waals surface area contributed by atoms with E-state index >= 15 is 0 Å². The van der Waals surface area contributed by atoms with Crippen LogP contribution in [0, 0.1) is 18.6 Å². The molecule has 1 saturated heterocycles. The summed E-state index contributed by atoms with van der Waals surface area (Å²) < 4.78 is 27.9. The largest absolute Gasteiger partial charge is 0.311 e. The second-order valence-electron chi connectivity index (χ2n) is 8.11. The Morgan fingerprint density at radius 2 is 1.94 bits per heavy atom. The average molecular weight is 485 g/mol. The van der Waals surface area contributed by atoms with Gasteiger partial charge in [-0.1, -0.05) is 41.4 Å². The topological polar surface area (TPSA) is 40.6 Å². The zero-order chi connectivity index (χ0) is 23.3. The first-order valence-electron chi connectivity index (χ1n) is 10.4. The lowest BCUT2D eigenvalue weighted by atomic mass is 10.0. The number of benzene rings is 3. The molecule has 4 nitrogen and oxygen atoms in total. The average Bonchev–Trinajstić information content (AvgIpc) is 3.32. The van der Waals surface area contributed by atoms with E-state index < -0.39 is 16.5 Å². The van der Waals surface area contributed by atoms with Crippen molar-refractivity contribution >= 4 is 40.9 Å². The van der Waals surface area contributed by atoms with Crippen molar-refractivity contribution in [3.05, 3.63) is 99.6 Å². The Morgan fingerprint density at radius 1 is 1.12 bits per heavy atom. The van der Waals surface area contributed by atoms with Gasteiger partial charge in [0, 0.05) is 40.1 Å². The molecule has 1 atom stereocenters. The summed E-state index contributed by atoms with van der Waals surface area (Å²) >= 11 is 7.50. The number of amides is 2. The second-order valence-corrected chi connectivity index (χ2v) is 9.83. The van der Waals surface area contributed by atoms with Crippen LogP contribution in [0.15, 0.2) is 60.7 Å². The Balaban J connectivity index is 1.60. The summed E-state index contributed by atoms with van der Waals surface area (Å²) in [7, 11) is 0. The molecule has 1 spiro atoms. The number of anilines is 1. The van der Waals surface area contributed by atoms with Crippen molar-refractivity contribution in [2.75, 3.05) is 17.2 Å². The van der Waals surface area contributed by atoms with Gasteiger partial charge in [-0.05, 0) is 37.3 Å². The Labute approximate surface area is 199 Å². The van der Waals surface area contributed by atoms with Gasteiger partial charge in [0.25, 0.3) is 11.8 Å². The summed E-state index contributed by atoms with van der Waals surface area (Å²) in [5.74, 6) is -1.43. The van der Waals surface area contributed by atoms with E-state index in [1.165, 1.54) is 28.8 Å². The van der Waals surface area contributed by atoms with Crippen LogP contribution in [0.4, 0.5) is 14.5 Å². The van der Waals surface area contributed by atoms with Crippen LogP contribution in [0.2, 0.25) is 5.02 Å². The second kappa shape index (κ2) is 8.15. The van der Waals surface area contributed by atoms with Crippen LogP contribution in [-0.2, 0) is 16.2 Å². The van der Waals surface area contributed by atoms with Crippen molar-refractivity contribution in [2.45, 2.75) is 18.3 Å². The van der Waals surface area contributed by atoms with Crippen molar-refractivity contribution in [1.29, 1.82) is 0 Å². The summed E-state index contributed by atoms with van der Waals surface area (Å²) in [5.41, 5.74) is 2.86. The van der Waals surface area contributed by atoms with Crippen LogP contribution in [-0.4, -0.2) is 29.0 Å². The molecule has 1 fully saturated rings. The van der Waals surface area contributed by atoms with E-state index in [0.717, 1.165) is 11.6 Å². The maximum Gasteiger partial charge on any atom is 0.268 e. The van der Waals surface area contributed by atoms with Gasteiger partial charge < -0.3 is 9.80 Å². The molecular weight excluding hydrogens is 466 g/mol. The van der Waals surface area contributed by atoms with E-state index in [1.54, 1.807) is 29.2 Å². The fourth-order valence-corrected chi connectivity index (χ4v) is 6.13. The number of carbonyl (C=O) groups is 2. The number of carbonyl (C=O) groups excluding carboxylic acids is 2. The molecule has 8 heteroatoms. The Kier molecular flexibility index (Phi) is 5.41. The van der Waals surface area contributed by atoms with Crippen LogP contribution in [0.3, 0.4) is 0 Å². The molecule has 168 valence electrons. The standard InChI is InChI=1S/C25H19ClF2N2O2S/c1-15-5-8-22-20(11-15)25(24(32)29(22)14-17-6-7-19(27)13-21(17)28)30(9-10-33-25)23(31)16-3-2-4-18(26)12-16/h2-8,11-13H,9-10,14H2,1H3. The van der Waals surface area contributed by atoms with E-state index in [-0.39, 0.29) is 23.9 Å². The third-order valence-corrected chi connectivity index (χ3v) is 7.66. The first kappa shape index (κ1) is 21.9. The predicted octanol–water partition coefficient (Wildman–Crippen LogP) is 5.52. The van der Waals surface area contributed by atoms with E-state index in [1.807, 2.05) is 25.1 Å². The minimum Gasteiger partial charge on any atom is -0.311 e. The molecule has 2 aliphatic rings. The van der Waals surface area contributed by atoms with Gasteiger partial charge in [-0.15, -0.1) is 11.8 Å². The minimum atomic E-state index is -1.25. The van der Waals surface area contributed by atoms with Crippen molar-refractivity contribution in [2.24, 2.45) is 0 Å². The number of fused-ring (bicyclic) bond motifs is 2. The highest BCUT2D eigenvalue weighted by molar-refractivity contribution is 8.01. The normalized spacial score (nSPS) is 19.5. The number of nitrogens with zero attached hydrogens (tertiary/aromatic N) is 2. The lowest BCUT2D eigenvalue weighted by molar-refractivity contribution is -0.123. The quantitative estimate of drug-likeness (QED) is 0.492. The van der Waals surface area contributed by atoms with Crippen LogP contribution < -0.4 is 4.90 Å². The molecule has 3 aromatic rings. The van der Waals surface area contributed by atoms with Crippen LogP contribution >= 0.6 is 23.4 Å². The number of thioether (sulfide) groups is 1. The number of halogens is 3. The van der Waals surface area contributed by atoms with Crippen molar-refractivity contribution < 1.29 is 18.4 Å². The molecule has 0 aliphatic carbocycles. The fraction of sp³-hybridized carbons (Fsp3) is 0.200. The van der Waals surface area contributed by atoms with Gasteiger partial charge >= 0.3 is 0 Å². The highest BCUT2D eigenvalue weighted by Crippen LogP contribution is 2.55. The first-order valence-corrected chi connectivity index (χ1v) is 11.8. The first-order chi connectivity index (χ1) is 15.8. The third-order valence-electron chi connectivity index (χ3n) is 6.01. The molecule has 0 N–H and O–H groups in total. The van der Waals surface area contributed by atoms with Gasteiger partial charge in [0.1, 0.15) is 11.6 Å². The lowest BCUT2D eigenvalue weighted by Crippen LogP contribution is -2.50. The highest BCUT2D eigenvalue weighted by atomic mass is 35.5. The fourth-order valence-electron chi connectivity index (χ4n) is 4.48. The zero-order valence-electron chi connectivity index (χ0n) is 17.6. The summed E-state index contributed by atoms with van der Waals surface area (Å²) in [5, 5.41) is 0.434. The minimum absolute atomic E-state index is 0.0670. The lowest BCUT2D eigenvalue weighted by Gasteiger charge is -2.33. The van der Waals surface area contributed by atoms with Crippen LogP contribution in [0.1, 0.15) is 27.0 Å². The van der Waals surface area contributed by atoms with Crippen LogP contribution in [0.5, 0.6) is 0 Å². The molecular formula is C25H19ClF2N2O2S. The van der Waals surface area contributed by atoms with Gasteiger partial charge in [0.15, 0.2) is 4.87 Å². The Morgan fingerprint density at radius 3 is 2.70 bits per heavy atom. The van der Waals surface area contributed by atoms with Gasteiger partial charge in [0.05, 0.1) is 12.2 Å². The summed E-state index contributed by atoms with van der Waals surface area (Å²) in [6.07, 6.45) is 0.